The summed E-state index contributed by atoms with van der Waals surface area (Å²) in [4.78, 5) is 19.0. The van der Waals surface area contributed by atoms with Gasteiger partial charge in [-0.05, 0) is 36.8 Å². The highest BCUT2D eigenvalue weighted by atomic mass is 16.3. The third-order valence-electron chi connectivity index (χ3n) is 6.08. The number of aromatic nitrogens is 4. The van der Waals surface area contributed by atoms with Crippen LogP contribution in [0.5, 0.6) is 0 Å². The third kappa shape index (κ3) is 5.00. The van der Waals surface area contributed by atoms with Gasteiger partial charge in [0.2, 0.25) is 0 Å². The highest BCUT2D eigenvalue weighted by Gasteiger charge is 2.42. The first-order chi connectivity index (χ1) is 15.7. The lowest BCUT2D eigenvalue weighted by atomic mass is 9.77. The van der Waals surface area contributed by atoms with Crippen molar-refractivity contribution in [2.75, 3.05) is 23.3 Å². The van der Waals surface area contributed by atoms with Gasteiger partial charge < -0.3 is 20.4 Å². The summed E-state index contributed by atoms with van der Waals surface area (Å²) in [5.74, 6) is 2.61. The predicted octanol–water partition coefficient (Wildman–Crippen LogP) is 2.32. The zero-order valence-corrected chi connectivity index (χ0v) is 17.5. The van der Waals surface area contributed by atoms with Crippen LogP contribution in [-0.2, 0) is 4.79 Å². The molecule has 4 atom stereocenters. The van der Waals surface area contributed by atoms with Crippen molar-refractivity contribution in [2.45, 2.75) is 25.0 Å². The first-order valence-corrected chi connectivity index (χ1v) is 10.6. The fourth-order valence-electron chi connectivity index (χ4n) is 4.59. The van der Waals surface area contributed by atoms with Gasteiger partial charge in [-0.1, -0.05) is 30.3 Å². The van der Waals surface area contributed by atoms with Gasteiger partial charge in [-0.25, -0.2) is 4.98 Å². The topological polar surface area (TPSA) is 124 Å². The Balaban J connectivity index is 0.000000775. The maximum Gasteiger partial charge on any atom is 0.290 e. The molecule has 1 aromatic carbocycles. The van der Waals surface area contributed by atoms with Crippen molar-refractivity contribution in [3.8, 4) is 11.3 Å². The van der Waals surface area contributed by atoms with Gasteiger partial charge in [-0.15, -0.1) is 10.2 Å². The van der Waals surface area contributed by atoms with E-state index in [1.54, 1.807) is 18.6 Å². The normalized spacial score (nSPS) is 24.1. The van der Waals surface area contributed by atoms with Crippen molar-refractivity contribution in [1.29, 1.82) is 0 Å². The highest BCUT2D eigenvalue weighted by molar-refractivity contribution is 5.59. The fraction of sp³-hybridized carbons (Fsp3) is 0.348. The maximum atomic E-state index is 10.6. The van der Waals surface area contributed by atoms with Crippen LogP contribution >= 0.6 is 0 Å². The van der Waals surface area contributed by atoms with Crippen LogP contribution in [0.1, 0.15) is 12.8 Å². The van der Waals surface area contributed by atoms with Crippen LogP contribution in [0.15, 0.2) is 61.1 Å². The van der Waals surface area contributed by atoms with E-state index in [9.17, 15) is 5.11 Å². The molecular formula is C23H26N6O3. The minimum atomic E-state index is -0.384. The zero-order valence-electron chi connectivity index (χ0n) is 17.5. The summed E-state index contributed by atoms with van der Waals surface area (Å²) in [5, 5.41) is 29.8. The van der Waals surface area contributed by atoms with E-state index >= 15 is 0 Å². The van der Waals surface area contributed by atoms with E-state index in [4.69, 9.17) is 9.90 Å². The summed E-state index contributed by atoms with van der Waals surface area (Å²) in [7, 11) is 0. The Kier molecular flexibility index (Phi) is 6.86. The number of anilines is 2. The zero-order chi connectivity index (χ0) is 22.3. The van der Waals surface area contributed by atoms with E-state index in [0.29, 0.717) is 17.7 Å². The van der Waals surface area contributed by atoms with Crippen molar-refractivity contribution in [2.24, 2.45) is 11.8 Å². The Morgan fingerprint density at radius 1 is 1.00 bits per heavy atom. The predicted molar refractivity (Wildman–Crippen MR) is 120 cm³/mol. The maximum absolute atomic E-state index is 10.6. The molecule has 1 aliphatic carbocycles. The van der Waals surface area contributed by atoms with Gasteiger partial charge in [0.15, 0.2) is 5.82 Å². The summed E-state index contributed by atoms with van der Waals surface area (Å²) in [6.45, 7) is 1.61. The monoisotopic (exact) mass is 434 g/mol. The molecule has 2 aliphatic rings. The molecule has 1 saturated heterocycles. The van der Waals surface area contributed by atoms with E-state index in [1.165, 1.54) is 0 Å². The summed E-state index contributed by atoms with van der Waals surface area (Å²) in [5.41, 5.74) is 1.96. The molecule has 2 fully saturated rings. The summed E-state index contributed by atoms with van der Waals surface area (Å²) >= 11 is 0. The average Bonchev–Trinajstić information content (AvgIpc) is 3.24. The highest BCUT2D eigenvalue weighted by Crippen LogP contribution is 2.38. The fourth-order valence-corrected chi connectivity index (χ4v) is 4.59. The van der Waals surface area contributed by atoms with Gasteiger partial charge in [0.25, 0.3) is 6.47 Å². The van der Waals surface area contributed by atoms with Crippen LogP contribution in [-0.4, -0.2) is 62.1 Å². The van der Waals surface area contributed by atoms with Gasteiger partial charge in [0.1, 0.15) is 5.82 Å². The Morgan fingerprint density at radius 2 is 1.75 bits per heavy atom. The molecule has 32 heavy (non-hydrogen) atoms. The number of aliphatic hydroxyl groups is 1. The molecule has 0 radical (unpaired) electrons. The Labute approximate surface area is 186 Å². The van der Waals surface area contributed by atoms with Gasteiger partial charge in [0, 0.05) is 31.0 Å². The summed E-state index contributed by atoms with van der Waals surface area (Å²) in [6.07, 6.45) is 6.32. The lowest BCUT2D eigenvalue weighted by molar-refractivity contribution is -0.122. The van der Waals surface area contributed by atoms with Crippen LogP contribution in [0.4, 0.5) is 11.6 Å². The van der Waals surface area contributed by atoms with Crippen molar-refractivity contribution in [3.05, 3.63) is 61.1 Å². The average molecular weight is 435 g/mol. The second-order valence-corrected chi connectivity index (χ2v) is 8.05. The van der Waals surface area contributed by atoms with E-state index in [0.717, 1.165) is 43.0 Å². The largest absolute Gasteiger partial charge is 0.483 e. The third-order valence-corrected chi connectivity index (χ3v) is 6.08. The molecule has 3 aromatic rings. The molecule has 0 bridgehead atoms. The van der Waals surface area contributed by atoms with Crippen LogP contribution in [0.3, 0.4) is 0 Å². The smallest absolute Gasteiger partial charge is 0.290 e. The van der Waals surface area contributed by atoms with Gasteiger partial charge in [-0.2, -0.15) is 0 Å². The molecule has 3 N–H and O–H groups in total. The second kappa shape index (κ2) is 10.1. The number of nitrogens with one attached hydrogen (secondary N) is 1. The van der Waals surface area contributed by atoms with Crippen LogP contribution < -0.4 is 10.2 Å². The molecule has 5 rings (SSSR count). The SMILES string of the molecule is O=CO.O[C@@H]1C[C@H]2CN(c3ccc(-c4ccccc4)nn3)C[C@H]2C[C@H]1Nc1cnccn1. The van der Waals surface area contributed by atoms with Crippen molar-refractivity contribution >= 4 is 18.1 Å². The first-order valence-electron chi connectivity index (χ1n) is 10.6. The van der Waals surface area contributed by atoms with Crippen LogP contribution in [0.2, 0.25) is 0 Å². The van der Waals surface area contributed by atoms with Crippen LogP contribution in [0.25, 0.3) is 11.3 Å². The van der Waals surface area contributed by atoms with E-state index in [-0.39, 0.29) is 18.6 Å². The second-order valence-electron chi connectivity index (χ2n) is 8.05. The molecule has 1 saturated carbocycles. The molecule has 2 aromatic heterocycles. The first kappa shape index (κ1) is 21.6. The molecule has 9 nitrogen and oxygen atoms in total. The summed E-state index contributed by atoms with van der Waals surface area (Å²) < 4.78 is 0. The van der Waals surface area contributed by atoms with Crippen LogP contribution in [0, 0.1) is 11.8 Å². The van der Waals surface area contributed by atoms with Gasteiger partial charge in [0.05, 0.1) is 24.0 Å². The quantitative estimate of drug-likeness (QED) is 0.531. The number of carboxylic acid groups (broad SMARTS) is 1. The number of hydrogen-bond acceptors (Lipinski definition) is 8. The molecule has 1 aliphatic heterocycles. The molecule has 0 amide bonds. The standard InChI is InChI=1S/C22H24N6O.CH2O2/c29-20-11-17-14-28(13-16(17)10-19(20)25-21-12-23-8-9-24-21)22-7-6-18(26-27-22)15-4-2-1-3-5-15;2-1-3/h1-9,12,16-17,19-20,29H,10-11,13-14H2,(H,24,25);1H,(H,2,3)/t16-,17+,19-,20-;/m1./s1. The Hall–Kier alpha value is -3.59. The molecule has 3 heterocycles. The minimum absolute atomic E-state index is 0.000518. The Bertz CT molecular complexity index is 990. The number of aliphatic hydroxyl groups excluding tert-OH is 1. The Morgan fingerprint density at radius 3 is 2.41 bits per heavy atom. The molecule has 0 unspecified atom stereocenters. The van der Waals surface area contributed by atoms with Gasteiger partial charge >= 0.3 is 0 Å². The van der Waals surface area contributed by atoms with Crippen molar-refractivity contribution in [1.82, 2.24) is 20.2 Å². The van der Waals surface area contributed by atoms with E-state index in [2.05, 4.69) is 36.4 Å². The van der Waals surface area contributed by atoms with Crippen molar-refractivity contribution < 1.29 is 15.0 Å². The number of hydrogen-bond donors (Lipinski definition) is 3. The lowest BCUT2D eigenvalue weighted by Gasteiger charge is -2.35. The number of nitrogens with zero attached hydrogens (tertiary/aromatic N) is 5. The number of carbonyl (C=O) groups is 1. The minimum Gasteiger partial charge on any atom is -0.483 e. The number of rotatable bonds is 4. The van der Waals surface area contributed by atoms with E-state index < -0.39 is 0 Å². The molecule has 0 spiro atoms. The van der Waals surface area contributed by atoms with E-state index in [1.807, 2.05) is 36.4 Å². The number of benzene rings is 1. The molecule has 166 valence electrons. The molecule has 9 heteroatoms. The number of fused-ring (bicyclic) bond motifs is 1. The lowest BCUT2D eigenvalue weighted by Crippen LogP contribution is -2.43. The van der Waals surface area contributed by atoms with Crippen molar-refractivity contribution in [3.63, 3.8) is 0 Å². The molecular weight excluding hydrogens is 408 g/mol. The summed E-state index contributed by atoms with van der Waals surface area (Å²) in [6, 6.07) is 14.2. The van der Waals surface area contributed by atoms with Gasteiger partial charge in [-0.3, -0.25) is 9.78 Å².